The van der Waals surface area contributed by atoms with Crippen molar-refractivity contribution in [3.8, 4) is 11.1 Å². The summed E-state index contributed by atoms with van der Waals surface area (Å²) in [5.41, 5.74) is 0.743. The van der Waals surface area contributed by atoms with Crippen LogP contribution in [0.4, 0.5) is 13.2 Å². The third-order valence-electron chi connectivity index (χ3n) is 4.03. The Morgan fingerprint density at radius 1 is 1.00 bits per heavy atom. The van der Waals surface area contributed by atoms with Crippen LogP contribution in [0.15, 0.2) is 42.5 Å². The van der Waals surface area contributed by atoms with E-state index in [0.717, 1.165) is 24.5 Å². The summed E-state index contributed by atoms with van der Waals surface area (Å²) in [5, 5.41) is 19.3. The van der Waals surface area contributed by atoms with Crippen LogP contribution in [-0.4, -0.2) is 16.6 Å². The molecule has 1 unspecified atom stereocenters. The van der Waals surface area contributed by atoms with Crippen LogP contribution in [0.5, 0.6) is 0 Å². The zero-order valence-corrected chi connectivity index (χ0v) is 11.6. The summed E-state index contributed by atoms with van der Waals surface area (Å²) in [7, 11) is 0. The predicted molar refractivity (Wildman–Crippen MR) is 75.9 cm³/mol. The lowest BCUT2D eigenvalue weighted by molar-refractivity contribution is -0.00591. The normalized spacial score (nSPS) is 17.5. The fourth-order valence-corrected chi connectivity index (χ4v) is 2.46. The summed E-state index contributed by atoms with van der Waals surface area (Å²) >= 11 is 0. The molecule has 116 valence electrons. The van der Waals surface area contributed by atoms with E-state index in [2.05, 4.69) is 0 Å². The van der Waals surface area contributed by atoms with E-state index >= 15 is 0 Å². The van der Waals surface area contributed by atoms with Crippen molar-refractivity contribution in [3.63, 3.8) is 0 Å². The van der Waals surface area contributed by atoms with E-state index in [-0.39, 0.29) is 11.1 Å². The lowest BCUT2D eigenvalue weighted by atomic mass is 9.98. The minimum atomic E-state index is -2.95. The summed E-state index contributed by atoms with van der Waals surface area (Å²) in [6, 6.07) is 10.4. The lowest BCUT2D eigenvalue weighted by Gasteiger charge is -2.12. The highest BCUT2D eigenvalue weighted by Gasteiger charge is 2.41. The minimum absolute atomic E-state index is 0.153. The van der Waals surface area contributed by atoms with Gasteiger partial charge in [0.1, 0.15) is 11.9 Å². The minimum Gasteiger partial charge on any atom is -0.385 e. The topological polar surface area (TPSA) is 40.5 Å². The summed E-state index contributed by atoms with van der Waals surface area (Å²) in [5.74, 6) is -0.671. The lowest BCUT2D eigenvalue weighted by Crippen LogP contribution is -2.08. The van der Waals surface area contributed by atoms with Crippen molar-refractivity contribution in [1.29, 1.82) is 0 Å². The van der Waals surface area contributed by atoms with Crippen LogP contribution in [-0.2, 0) is 5.60 Å². The maximum absolute atomic E-state index is 14.1. The Morgan fingerprint density at radius 3 is 2.14 bits per heavy atom. The third kappa shape index (κ3) is 2.74. The summed E-state index contributed by atoms with van der Waals surface area (Å²) in [6.07, 6.45) is -3.50. The SMILES string of the molecule is OC(c1ccc(-c2ccc(C3(O)CC3)cc2)c(F)c1)C(F)F. The Balaban J connectivity index is 1.88. The van der Waals surface area contributed by atoms with Crippen molar-refractivity contribution in [2.75, 3.05) is 0 Å². The summed E-state index contributed by atoms with van der Waals surface area (Å²) in [6.45, 7) is 0. The molecule has 5 heteroatoms. The van der Waals surface area contributed by atoms with Crippen molar-refractivity contribution < 1.29 is 23.4 Å². The van der Waals surface area contributed by atoms with Gasteiger partial charge in [0.15, 0.2) is 0 Å². The van der Waals surface area contributed by atoms with E-state index in [1.165, 1.54) is 12.1 Å². The largest absolute Gasteiger partial charge is 0.385 e. The maximum atomic E-state index is 14.1. The highest BCUT2D eigenvalue weighted by molar-refractivity contribution is 5.65. The molecule has 0 saturated heterocycles. The van der Waals surface area contributed by atoms with Gasteiger partial charge in [0.25, 0.3) is 6.43 Å². The fraction of sp³-hybridized carbons (Fsp3) is 0.294. The van der Waals surface area contributed by atoms with E-state index < -0.39 is 23.9 Å². The molecule has 0 aromatic heterocycles. The Morgan fingerprint density at radius 2 is 1.64 bits per heavy atom. The number of hydrogen-bond acceptors (Lipinski definition) is 2. The first-order chi connectivity index (χ1) is 10.4. The van der Waals surface area contributed by atoms with Crippen molar-refractivity contribution in [2.24, 2.45) is 0 Å². The number of alkyl halides is 2. The first kappa shape index (κ1) is 15.1. The maximum Gasteiger partial charge on any atom is 0.268 e. The third-order valence-corrected chi connectivity index (χ3v) is 4.03. The predicted octanol–water partition coefficient (Wildman–Crippen LogP) is 3.77. The second-order valence-corrected chi connectivity index (χ2v) is 5.63. The van der Waals surface area contributed by atoms with Gasteiger partial charge in [-0.25, -0.2) is 13.2 Å². The average Bonchev–Trinajstić information content (AvgIpc) is 3.25. The molecule has 2 aromatic rings. The summed E-state index contributed by atoms with van der Waals surface area (Å²) < 4.78 is 39.0. The van der Waals surface area contributed by atoms with Crippen LogP contribution < -0.4 is 0 Å². The van der Waals surface area contributed by atoms with E-state index in [4.69, 9.17) is 0 Å². The van der Waals surface area contributed by atoms with Crippen molar-refractivity contribution in [3.05, 3.63) is 59.4 Å². The zero-order valence-electron chi connectivity index (χ0n) is 11.6. The van der Waals surface area contributed by atoms with Crippen molar-refractivity contribution in [2.45, 2.75) is 31.0 Å². The van der Waals surface area contributed by atoms with E-state index in [1.54, 1.807) is 24.3 Å². The zero-order chi connectivity index (χ0) is 15.9. The number of aliphatic hydroxyl groups excluding tert-OH is 1. The molecule has 2 nitrogen and oxygen atoms in total. The van der Waals surface area contributed by atoms with Gasteiger partial charge in [-0.1, -0.05) is 36.4 Å². The van der Waals surface area contributed by atoms with Crippen molar-refractivity contribution in [1.82, 2.24) is 0 Å². The van der Waals surface area contributed by atoms with Gasteiger partial charge in [0.05, 0.1) is 5.60 Å². The number of rotatable bonds is 4. The van der Waals surface area contributed by atoms with Gasteiger partial charge in [-0.3, -0.25) is 0 Å². The number of halogens is 3. The fourth-order valence-electron chi connectivity index (χ4n) is 2.46. The van der Waals surface area contributed by atoms with Gasteiger partial charge < -0.3 is 10.2 Å². The van der Waals surface area contributed by atoms with Gasteiger partial charge in [-0.15, -0.1) is 0 Å². The van der Waals surface area contributed by atoms with Gasteiger partial charge in [0.2, 0.25) is 0 Å². The molecule has 3 rings (SSSR count). The van der Waals surface area contributed by atoms with Gasteiger partial charge in [0, 0.05) is 5.56 Å². The molecule has 2 aromatic carbocycles. The Kier molecular flexibility index (Phi) is 3.70. The van der Waals surface area contributed by atoms with Crippen molar-refractivity contribution >= 4 is 0 Å². The van der Waals surface area contributed by atoms with Gasteiger partial charge in [-0.2, -0.15) is 0 Å². The molecule has 1 aliphatic rings. The smallest absolute Gasteiger partial charge is 0.268 e. The second-order valence-electron chi connectivity index (χ2n) is 5.63. The van der Waals surface area contributed by atoms with Crippen LogP contribution in [0.3, 0.4) is 0 Å². The molecule has 0 aliphatic heterocycles. The highest BCUT2D eigenvalue weighted by atomic mass is 19.3. The van der Waals surface area contributed by atoms with E-state index in [1.807, 2.05) is 0 Å². The molecule has 1 saturated carbocycles. The Hall–Kier alpha value is -1.85. The molecule has 0 spiro atoms. The molecule has 0 radical (unpaired) electrons. The molecular weight excluding hydrogens is 293 g/mol. The molecular formula is C17H15F3O2. The molecule has 0 heterocycles. The molecule has 0 bridgehead atoms. The van der Waals surface area contributed by atoms with Crippen LogP contribution in [0.2, 0.25) is 0 Å². The molecule has 1 atom stereocenters. The Bertz CT molecular complexity index is 679. The van der Waals surface area contributed by atoms with Crippen LogP contribution in [0, 0.1) is 5.82 Å². The number of hydrogen-bond donors (Lipinski definition) is 2. The monoisotopic (exact) mass is 308 g/mol. The second kappa shape index (κ2) is 5.41. The first-order valence-electron chi connectivity index (χ1n) is 7.00. The number of aliphatic hydroxyl groups is 2. The Labute approximate surface area is 125 Å². The molecule has 1 fully saturated rings. The first-order valence-corrected chi connectivity index (χ1v) is 7.00. The molecule has 2 N–H and O–H groups in total. The quantitative estimate of drug-likeness (QED) is 0.902. The average molecular weight is 308 g/mol. The van der Waals surface area contributed by atoms with Gasteiger partial charge in [-0.05, 0) is 35.6 Å². The molecule has 22 heavy (non-hydrogen) atoms. The van der Waals surface area contributed by atoms with E-state index in [0.29, 0.717) is 5.56 Å². The van der Waals surface area contributed by atoms with Crippen LogP contribution in [0.25, 0.3) is 11.1 Å². The highest BCUT2D eigenvalue weighted by Crippen LogP contribution is 2.45. The number of benzene rings is 2. The molecule has 1 aliphatic carbocycles. The summed E-state index contributed by atoms with van der Waals surface area (Å²) in [4.78, 5) is 0. The standard InChI is InChI=1S/C17H15F3O2/c18-14-9-11(15(21)16(19)20)3-6-13(14)10-1-4-12(5-2-10)17(22)7-8-17/h1-6,9,15-16,21-22H,7-8H2. The van der Waals surface area contributed by atoms with E-state index in [9.17, 15) is 23.4 Å². The van der Waals surface area contributed by atoms with Crippen LogP contribution >= 0.6 is 0 Å². The van der Waals surface area contributed by atoms with Gasteiger partial charge >= 0.3 is 0 Å². The van der Waals surface area contributed by atoms with Crippen LogP contribution in [0.1, 0.15) is 30.1 Å². The molecule has 0 amide bonds.